The molecule has 38 heavy (non-hydrogen) atoms. The maximum atomic E-state index is 13.3. The lowest BCUT2D eigenvalue weighted by atomic mass is 9.98. The minimum absolute atomic E-state index is 0.00222. The van der Waals surface area contributed by atoms with Gasteiger partial charge in [0.15, 0.2) is 41.4 Å². The lowest BCUT2D eigenvalue weighted by Gasteiger charge is -2.20. The van der Waals surface area contributed by atoms with Crippen molar-refractivity contribution in [2.75, 3.05) is 42.3 Å². The maximum absolute atomic E-state index is 13.3. The van der Waals surface area contributed by atoms with Gasteiger partial charge in [-0.1, -0.05) is 30.3 Å². The second-order valence-electron chi connectivity index (χ2n) is 7.87. The first-order valence-electron chi connectivity index (χ1n) is 11.5. The third-order valence-electron chi connectivity index (χ3n) is 5.55. The molecule has 0 aliphatic rings. The summed E-state index contributed by atoms with van der Waals surface area (Å²) in [6.45, 7) is 0.112. The van der Waals surface area contributed by atoms with Gasteiger partial charge in [0.1, 0.15) is 12.2 Å². The van der Waals surface area contributed by atoms with Crippen LogP contribution in [0.5, 0.6) is 40.2 Å². The fourth-order valence-electron chi connectivity index (χ4n) is 3.76. The van der Waals surface area contributed by atoms with Gasteiger partial charge in [-0.2, -0.15) is 0 Å². The van der Waals surface area contributed by atoms with Crippen molar-refractivity contribution in [3.8, 4) is 40.2 Å². The number of Topliss-reactive ketones (excluding diaryl/α,β-unsaturated/α-hetero) is 2. The largest absolute Gasteiger partial charge is 0.504 e. The van der Waals surface area contributed by atoms with Gasteiger partial charge in [-0.3, -0.25) is 9.59 Å². The lowest BCUT2D eigenvalue weighted by Crippen LogP contribution is -2.13. The summed E-state index contributed by atoms with van der Waals surface area (Å²) in [4.78, 5) is 26.4. The van der Waals surface area contributed by atoms with Crippen LogP contribution in [0, 0.1) is 0 Å². The highest BCUT2D eigenvalue weighted by Gasteiger charge is 2.32. The van der Waals surface area contributed by atoms with E-state index in [4.69, 9.17) is 33.2 Å². The average molecular weight is 527 g/mol. The fraction of sp³-hybridized carbons (Fsp3) is 0.286. The second-order valence-corrected chi connectivity index (χ2v) is 7.87. The van der Waals surface area contributed by atoms with E-state index < -0.39 is 23.7 Å². The highest BCUT2D eigenvalue weighted by molar-refractivity contribution is 6.16. The van der Waals surface area contributed by atoms with E-state index >= 15 is 0 Å². The summed E-state index contributed by atoms with van der Waals surface area (Å²) in [6.07, 6.45) is -0.587. The predicted octanol–water partition coefficient (Wildman–Crippen LogP) is 4.44. The Balaban J connectivity index is 1.89. The van der Waals surface area contributed by atoms with E-state index in [0.717, 1.165) is 5.56 Å². The standard InChI is InChI=1S/C28H30O10/c1-32-16-38-28-25(34-3)23(24(31)26(35-4)27(28)36-5)20(30)14-19(29)18-11-12-21(22(13-18)33-2)37-15-17-9-7-6-8-10-17/h6-13,31H,14-16H2,1-5H3. The van der Waals surface area contributed by atoms with Gasteiger partial charge in [-0.05, 0) is 23.8 Å². The maximum Gasteiger partial charge on any atom is 0.211 e. The van der Waals surface area contributed by atoms with Crippen LogP contribution in [-0.4, -0.2) is 59.0 Å². The molecular formula is C28H30O10. The van der Waals surface area contributed by atoms with E-state index in [1.165, 1.54) is 47.7 Å². The monoisotopic (exact) mass is 526 g/mol. The number of aromatic hydroxyl groups is 1. The molecule has 0 spiro atoms. The average Bonchev–Trinajstić information content (AvgIpc) is 2.94. The normalized spacial score (nSPS) is 10.4. The molecule has 3 aromatic rings. The summed E-state index contributed by atoms with van der Waals surface area (Å²) in [6, 6.07) is 14.2. The molecule has 0 aliphatic carbocycles. The zero-order valence-corrected chi connectivity index (χ0v) is 21.9. The number of rotatable bonds is 14. The number of hydrogen-bond donors (Lipinski definition) is 1. The molecule has 202 valence electrons. The lowest BCUT2D eigenvalue weighted by molar-refractivity contribution is 0.0464. The van der Waals surface area contributed by atoms with E-state index in [1.54, 1.807) is 6.07 Å². The van der Waals surface area contributed by atoms with Crippen LogP contribution in [0.25, 0.3) is 0 Å². The van der Waals surface area contributed by atoms with E-state index in [9.17, 15) is 14.7 Å². The molecule has 0 unspecified atom stereocenters. The Morgan fingerprint density at radius 2 is 1.39 bits per heavy atom. The van der Waals surface area contributed by atoms with E-state index in [1.807, 2.05) is 30.3 Å². The van der Waals surface area contributed by atoms with Crippen LogP contribution in [0.2, 0.25) is 0 Å². The molecule has 10 nitrogen and oxygen atoms in total. The van der Waals surface area contributed by atoms with Crippen LogP contribution >= 0.6 is 0 Å². The number of phenols is 1. The van der Waals surface area contributed by atoms with Gasteiger partial charge < -0.3 is 38.3 Å². The third kappa shape index (κ3) is 6.09. The first-order valence-corrected chi connectivity index (χ1v) is 11.5. The van der Waals surface area contributed by atoms with Gasteiger partial charge >= 0.3 is 0 Å². The van der Waals surface area contributed by atoms with Crippen LogP contribution in [0.4, 0.5) is 0 Å². The number of hydrogen-bond acceptors (Lipinski definition) is 10. The third-order valence-corrected chi connectivity index (χ3v) is 5.55. The number of methoxy groups -OCH3 is 5. The Kier molecular flexibility index (Phi) is 9.78. The van der Waals surface area contributed by atoms with Crippen molar-refractivity contribution < 1.29 is 47.9 Å². The molecule has 0 saturated carbocycles. The summed E-state index contributed by atoms with van der Waals surface area (Å²) >= 11 is 0. The number of ketones is 2. The summed E-state index contributed by atoms with van der Waals surface area (Å²) < 4.78 is 37.7. The minimum Gasteiger partial charge on any atom is -0.504 e. The summed E-state index contributed by atoms with van der Waals surface area (Å²) in [5.74, 6) is -1.32. The van der Waals surface area contributed by atoms with Crippen molar-refractivity contribution >= 4 is 11.6 Å². The zero-order chi connectivity index (χ0) is 27.7. The minimum atomic E-state index is -0.726. The van der Waals surface area contributed by atoms with Gasteiger partial charge in [0, 0.05) is 12.7 Å². The molecule has 10 heteroatoms. The van der Waals surface area contributed by atoms with Crippen molar-refractivity contribution in [2.24, 2.45) is 0 Å². The van der Waals surface area contributed by atoms with Crippen molar-refractivity contribution in [1.82, 2.24) is 0 Å². The molecule has 0 saturated heterocycles. The van der Waals surface area contributed by atoms with Gasteiger partial charge in [0.2, 0.25) is 17.2 Å². The number of carbonyl (C=O) groups is 2. The van der Waals surface area contributed by atoms with E-state index in [0.29, 0.717) is 18.1 Å². The Hall–Kier alpha value is -4.44. The Labute approximate surface area is 220 Å². The summed E-state index contributed by atoms with van der Waals surface area (Å²) in [5.41, 5.74) is 0.897. The number of carbonyl (C=O) groups excluding carboxylic acids is 2. The second kappa shape index (κ2) is 13.2. The van der Waals surface area contributed by atoms with Crippen LogP contribution in [0.15, 0.2) is 48.5 Å². The molecule has 0 bridgehead atoms. The smallest absolute Gasteiger partial charge is 0.211 e. The highest BCUT2D eigenvalue weighted by Crippen LogP contribution is 2.53. The van der Waals surface area contributed by atoms with Gasteiger partial charge in [0.05, 0.1) is 34.9 Å². The molecule has 1 N–H and O–H groups in total. The van der Waals surface area contributed by atoms with Crippen LogP contribution in [-0.2, 0) is 11.3 Å². The van der Waals surface area contributed by atoms with Crippen molar-refractivity contribution in [3.05, 3.63) is 65.2 Å². The Morgan fingerprint density at radius 3 is 2.00 bits per heavy atom. The van der Waals surface area contributed by atoms with Gasteiger partial charge in [0.25, 0.3) is 0 Å². The SMILES string of the molecule is COCOc1c(OC)c(OC)c(O)c(C(=O)CC(=O)c2ccc(OCc3ccccc3)c(OC)c2)c1OC. The molecular weight excluding hydrogens is 496 g/mol. The van der Waals surface area contributed by atoms with Gasteiger partial charge in [-0.15, -0.1) is 0 Å². The van der Waals surface area contributed by atoms with Crippen LogP contribution in [0.3, 0.4) is 0 Å². The molecule has 0 radical (unpaired) electrons. The fourth-order valence-corrected chi connectivity index (χ4v) is 3.76. The van der Waals surface area contributed by atoms with E-state index in [2.05, 4.69) is 0 Å². The first-order chi connectivity index (χ1) is 18.4. The predicted molar refractivity (Wildman–Crippen MR) is 137 cm³/mol. The Bertz CT molecular complexity index is 1270. The number of benzene rings is 3. The number of ether oxygens (including phenoxy) is 7. The van der Waals surface area contributed by atoms with Crippen LogP contribution in [0.1, 0.15) is 32.7 Å². The summed E-state index contributed by atoms with van der Waals surface area (Å²) in [7, 11) is 6.78. The molecule has 0 amide bonds. The molecule has 0 aromatic heterocycles. The molecule has 0 aliphatic heterocycles. The number of phenolic OH excluding ortho intramolecular Hbond substituents is 1. The first kappa shape index (κ1) is 28.1. The van der Waals surface area contributed by atoms with Crippen molar-refractivity contribution in [2.45, 2.75) is 13.0 Å². The van der Waals surface area contributed by atoms with E-state index in [-0.39, 0.29) is 40.9 Å². The molecule has 0 heterocycles. The quantitative estimate of drug-likeness (QED) is 0.183. The Morgan fingerprint density at radius 1 is 0.711 bits per heavy atom. The highest BCUT2D eigenvalue weighted by atomic mass is 16.7. The van der Waals surface area contributed by atoms with Crippen molar-refractivity contribution in [1.29, 1.82) is 0 Å². The molecule has 3 rings (SSSR count). The molecule has 0 fully saturated rings. The topological polar surface area (TPSA) is 119 Å². The summed E-state index contributed by atoms with van der Waals surface area (Å²) in [5, 5.41) is 10.8. The van der Waals surface area contributed by atoms with Crippen LogP contribution < -0.4 is 28.4 Å². The molecule has 3 aromatic carbocycles. The molecule has 0 atom stereocenters. The zero-order valence-electron chi connectivity index (χ0n) is 21.9. The van der Waals surface area contributed by atoms with Gasteiger partial charge in [-0.25, -0.2) is 0 Å². The van der Waals surface area contributed by atoms with Crippen molar-refractivity contribution in [3.63, 3.8) is 0 Å².